The largest absolute Gasteiger partial charge is 0.504 e. The Kier molecular flexibility index (Phi) is 5.11. The molecule has 0 saturated heterocycles. The van der Waals surface area contributed by atoms with E-state index in [2.05, 4.69) is 16.5 Å². The van der Waals surface area contributed by atoms with Gasteiger partial charge in [-0.05, 0) is 47.7 Å². The van der Waals surface area contributed by atoms with Gasteiger partial charge >= 0.3 is 0 Å². The van der Waals surface area contributed by atoms with E-state index in [9.17, 15) is 14.7 Å². The second-order valence-electron chi connectivity index (χ2n) is 8.80. The van der Waals surface area contributed by atoms with Crippen LogP contribution in [0.5, 0.6) is 11.5 Å². The van der Waals surface area contributed by atoms with Gasteiger partial charge in [-0.25, -0.2) is 4.68 Å². The first-order valence-electron chi connectivity index (χ1n) is 11.4. The van der Waals surface area contributed by atoms with Crippen LogP contribution < -0.4 is 15.6 Å². The highest BCUT2D eigenvalue weighted by atomic mass is 32.1. The number of Topliss-reactive ketones (excluding diaryl/α,β-unsaturated/α-hetero) is 1. The van der Waals surface area contributed by atoms with Crippen LogP contribution in [0.4, 0.5) is 5.82 Å². The van der Waals surface area contributed by atoms with E-state index in [-0.39, 0.29) is 23.0 Å². The molecule has 1 aliphatic carbocycles. The Balaban J connectivity index is 1.54. The van der Waals surface area contributed by atoms with Crippen LogP contribution >= 0.6 is 11.3 Å². The summed E-state index contributed by atoms with van der Waals surface area (Å²) in [6.45, 7) is 0. The number of ketones is 1. The average Bonchev–Trinajstić information content (AvgIpc) is 3.52. The van der Waals surface area contributed by atoms with Crippen LogP contribution in [-0.2, 0) is 4.79 Å². The smallest absolute Gasteiger partial charge is 0.277 e. The van der Waals surface area contributed by atoms with Gasteiger partial charge in [0, 0.05) is 34.4 Å². The minimum atomic E-state index is -0.608. The number of ether oxygens (including phenoxy) is 1. The van der Waals surface area contributed by atoms with Gasteiger partial charge in [0.05, 0.1) is 18.4 Å². The molecule has 1 aliphatic heterocycles. The third-order valence-electron chi connectivity index (χ3n) is 6.78. The summed E-state index contributed by atoms with van der Waals surface area (Å²) in [5.74, 6) is 0.352. The van der Waals surface area contributed by atoms with Crippen LogP contribution in [0, 0.1) is 0 Å². The number of hydrogen-bond donors (Lipinski definition) is 3. The minimum absolute atomic E-state index is 0.00923. The van der Waals surface area contributed by atoms with Crippen molar-refractivity contribution in [3.63, 3.8) is 0 Å². The fourth-order valence-electron chi connectivity index (χ4n) is 5.20. The van der Waals surface area contributed by atoms with Gasteiger partial charge in [0.1, 0.15) is 5.82 Å². The Bertz CT molecular complexity index is 1520. The molecule has 35 heavy (non-hydrogen) atoms. The number of aromatic amines is 1. The van der Waals surface area contributed by atoms with Crippen LogP contribution in [0.15, 0.2) is 82.1 Å². The van der Waals surface area contributed by atoms with E-state index in [0.717, 1.165) is 5.70 Å². The molecule has 0 fully saturated rings. The summed E-state index contributed by atoms with van der Waals surface area (Å²) in [5.41, 5.74) is 2.99. The minimum Gasteiger partial charge on any atom is -0.504 e. The molecule has 0 bridgehead atoms. The van der Waals surface area contributed by atoms with Gasteiger partial charge in [0.15, 0.2) is 17.3 Å². The van der Waals surface area contributed by atoms with Crippen molar-refractivity contribution in [3.05, 3.63) is 104 Å². The number of aromatic hydroxyl groups is 1. The van der Waals surface area contributed by atoms with Crippen molar-refractivity contribution >= 4 is 22.9 Å². The first-order chi connectivity index (χ1) is 17.0. The molecule has 3 heterocycles. The first-order valence-corrected chi connectivity index (χ1v) is 12.3. The molecule has 2 aromatic carbocycles. The number of aromatic nitrogens is 2. The number of hydrogen-bond acceptors (Lipinski definition) is 6. The lowest BCUT2D eigenvalue weighted by atomic mass is 9.74. The summed E-state index contributed by atoms with van der Waals surface area (Å²) in [6, 6.07) is 18.4. The van der Waals surface area contributed by atoms with Crippen molar-refractivity contribution in [2.45, 2.75) is 24.7 Å². The van der Waals surface area contributed by atoms with Crippen LogP contribution in [-0.4, -0.2) is 27.8 Å². The Morgan fingerprint density at radius 3 is 2.60 bits per heavy atom. The fraction of sp³-hybridized carbons (Fsp3) is 0.185. The molecule has 7 nitrogen and oxygen atoms in total. The van der Waals surface area contributed by atoms with Gasteiger partial charge < -0.3 is 15.2 Å². The maximum Gasteiger partial charge on any atom is 0.277 e. The van der Waals surface area contributed by atoms with E-state index in [4.69, 9.17) is 4.74 Å². The normalized spacial score (nSPS) is 19.2. The Hall–Kier alpha value is -4.04. The molecule has 0 unspecified atom stereocenters. The topological polar surface area (TPSA) is 96.4 Å². The van der Waals surface area contributed by atoms with Crippen LogP contribution in [0.2, 0.25) is 0 Å². The third-order valence-corrected chi connectivity index (χ3v) is 7.82. The summed E-state index contributed by atoms with van der Waals surface area (Å²) in [5, 5.41) is 19.1. The molecule has 6 rings (SSSR count). The molecular formula is C27H23N3O4S. The molecule has 0 amide bonds. The Labute approximate surface area is 205 Å². The number of anilines is 1. The number of fused-ring (bicyclic) bond motifs is 1. The van der Waals surface area contributed by atoms with Crippen molar-refractivity contribution in [2.75, 3.05) is 12.4 Å². The lowest BCUT2D eigenvalue weighted by Gasteiger charge is -2.34. The number of nitrogens with zero attached hydrogens (tertiary/aromatic N) is 1. The van der Waals surface area contributed by atoms with Crippen LogP contribution in [0.3, 0.4) is 0 Å². The predicted octanol–water partition coefficient (Wildman–Crippen LogP) is 4.90. The first kappa shape index (κ1) is 21.5. The second kappa shape index (κ2) is 8.32. The second-order valence-corrected chi connectivity index (χ2v) is 9.78. The average molecular weight is 486 g/mol. The zero-order valence-electron chi connectivity index (χ0n) is 18.9. The van der Waals surface area contributed by atoms with Gasteiger partial charge in [0.25, 0.3) is 5.56 Å². The molecule has 176 valence electrons. The number of phenols is 1. The van der Waals surface area contributed by atoms with E-state index < -0.39 is 5.92 Å². The fourth-order valence-corrected chi connectivity index (χ4v) is 6.03. The lowest BCUT2D eigenvalue weighted by Crippen LogP contribution is -2.31. The summed E-state index contributed by atoms with van der Waals surface area (Å²) >= 11 is 1.65. The number of rotatable bonds is 4. The highest BCUT2D eigenvalue weighted by Gasteiger charge is 2.41. The molecule has 2 aromatic heterocycles. The van der Waals surface area contributed by atoms with Crippen LogP contribution in [0.1, 0.15) is 40.7 Å². The maximum atomic E-state index is 13.7. The van der Waals surface area contributed by atoms with E-state index >= 15 is 0 Å². The molecule has 0 saturated carbocycles. The number of phenolic OH excluding ortho intramolecular Hbond substituents is 1. The number of thiophene rings is 1. The molecular weight excluding hydrogens is 462 g/mol. The summed E-state index contributed by atoms with van der Waals surface area (Å²) < 4.78 is 6.71. The van der Waals surface area contributed by atoms with Crippen molar-refractivity contribution < 1.29 is 14.6 Å². The number of allylic oxidation sites excluding steroid dienone is 2. The van der Waals surface area contributed by atoms with E-state index in [0.29, 0.717) is 46.8 Å². The lowest BCUT2D eigenvalue weighted by molar-refractivity contribution is -0.116. The molecule has 0 spiro atoms. The number of para-hydroxylation sites is 1. The van der Waals surface area contributed by atoms with Gasteiger partial charge in [-0.15, -0.1) is 11.3 Å². The summed E-state index contributed by atoms with van der Waals surface area (Å²) in [6.07, 6.45) is 1.05. The van der Waals surface area contributed by atoms with Gasteiger partial charge in [-0.3, -0.25) is 14.7 Å². The number of benzene rings is 2. The molecule has 2 aliphatic rings. The number of carbonyl (C=O) groups is 1. The molecule has 3 N–H and O–H groups in total. The third kappa shape index (κ3) is 3.49. The summed E-state index contributed by atoms with van der Waals surface area (Å²) in [7, 11) is 1.48. The van der Waals surface area contributed by atoms with Crippen molar-refractivity contribution in [3.8, 4) is 17.2 Å². The Morgan fingerprint density at radius 2 is 1.89 bits per heavy atom. The predicted molar refractivity (Wildman–Crippen MR) is 135 cm³/mol. The number of methoxy groups -OCH3 is 1. The highest BCUT2D eigenvalue weighted by Crippen LogP contribution is 2.48. The molecule has 8 heteroatoms. The van der Waals surface area contributed by atoms with Crippen molar-refractivity contribution in [1.82, 2.24) is 9.78 Å². The van der Waals surface area contributed by atoms with E-state index in [1.54, 1.807) is 29.5 Å². The zero-order chi connectivity index (χ0) is 24.1. The van der Waals surface area contributed by atoms with Gasteiger partial charge in [0.2, 0.25) is 0 Å². The maximum absolute atomic E-state index is 13.7. The van der Waals surface area contributed by atoms with Gasteiger partial charge in [-0.2, -0.15) is 0 Å². The zero-order valence-corrected chi connectivity index (χ0v) is 19.8. The van der Waals surface area contributed by atoms with Crippen molar-refractivity contribution in [2.24, 2.45) is 0 Å². The summed E-state index contributed by atoms with van der Waals surface area (Å²) in [4.78, 5) is 28.5. The van der Waals surface area contributed by atoms with Gasteiger partial charge in [-0.1, -0.05) is 30.3 Å². The van der Waals surface area contributed by atoms with Crippen LogP contribution in [0.25, 0.3) is 5.69 Å². The Morgan fingerprint density at radius 1 is 1.06 bits per heavy atom. The molecule has 4 aromatic rings. The van der Waals surface area contributed by atoms with Crippen molar-refractivity contribution in [1.29, 1.82) is 0 Å². The molecule has 0 radical (unpaired) electrons. The SMILES string of the molecule is COc1ccc([C@@H]2C3=C(C[C@@H](c4cccs4)CC3=O)Nc3[nH]n(-c4ccccc4)c(=O)c32)cc1O. The van der Waals surface area contributed by atoms with E-state index in [1.165, 1.54) is 16.7 Å². The quantitative estimate of drug-likeness (QED) is 0.382. The van der Waals surface area contributed by atoms with E-state index in [1.807, 2.05) is 41.8 Å². The monoisotopic (exact) mass is 485 g/mol. The number of H-pyrrole nitrogens is 1. The standard InChI is InChI=1S/C27H23N3O4S/c1-34-21-10-9-15(13-19(21)31)23-24-18(12-16(14-20(24)32)22-8-5-11-35-22)28-26-25(23)27(33)30(29-26)17-6-3-2-4-7-17/h2-11,13,16,23,28-29,31H,12,14H2,1H3/t16-,23-/m1/s1. The molecule has 2 atom stereocenters. The number of nitrogens with one attached hydrogen (secondary N) is 2. The highest BCUT2D eigenvalue weighted by molar-refractivity contribution is 7.10. The number of carbonyl (C=O) groups excluding carboxylic acids is 1.